The number of halogens is 4. The van der Waals surface area contributed by atoms with Crippen LogP contribution < -0.4 is 5.32 Å². The molecule has 0 aliphatic heterocycles. The van der Waals surface area contributed by atoms with Gasteiger partial charge in [-0.1, -0.05) is 17.7 Å². The van der Waals surface area contributed by atoms with Crippen LogP contribution in [0.2, 0.25) is 5.02 Å². The van der Waals surface area contributed by atoms with E-state index in [9.17, 15) is 13.2 Å². The highest BCUT2D eigenvalue weighted by atomic mass is 35.5. The summed E-state index contributed by atoms with van der Waals surface area (Å²) in [5.41, 5.74) is 0.467. The highest BCUT2D eigenvalue weighted by Gasteiger charge is 2.06. The third-order valence-corrected chi connectivity index (χ3v) is 2.65. The summed E-state index contributed by atoms with van der Waals surface area (Å²) in [6, 6.07) is 7.39. The first-order valence-electron chi connectivity index (χ1n) is 5.19. The standard InChI is InChI=1S/C13H9ClF3N/c14-9-2-4-13(12(17)5-9)18-7-8-1-3-10(15)6-11(8)16/h1-6,18H,7H2. The quantitative estimate of drug-likeness (QED) is 0.874. The van der Waals surface area contributed by atoms with Crippen LogP contribution >= 0.6 is 11.6 Å². The molecule has 0 atom stereocenters. The summed E-state index contributed by atoms with van der Waals surface area (Å²) in [5, 5.41) is 3.00. The van der Waals surface area contributed by atoms with Crippen LogP contribution in [0.25, 0.3) is 0 Å². The van der Waals surface area contributed by atoms with E-state index in [1.54, 1.807) is 0 Å². The molecular weight excluding hydrogens is 263 g/mol. The smallest absolute Gasteiger partial charge is 0.147 e. The van der Waals surface area contributed by atoms with Crippen molar-refractivity contribution in [2.75, 3.05) is 5.32 Å². The molecule has 0 bridgehead atoms. The Labute approximate surface area is 107 Å². The van der Waals surface area contributed by atoms with Crippen molar-refractivity contribution in [1.29, 1.82) is 0 Å². The van der Waals surface area contributed by atoms with Crippen molar-refractivity contribution >= 4 is 17.3 Å². The molecule has 0 spiro atoms. The van der Waals surface area contributed by atoms with Gasteiger partial charge in [-0.15, -0.1) is 0 Å². The van der Waals surface area contributed by atoms with Crippen LogP contribution in [-0.4, -0.2) is 0 Å². The molecule has 1 N–H and O–H groups in total. The molecule has 0 radical (unpaired) electrons. The predicted octanol–water partition coefficient (Wildman–Crippen LogP) is 4.37. The molecule has 18 heavy (non-hydrogen) atoms. The van der Waals surface area contributed by atoms with Crippen molar-refractivity contribution in [3.05, 3.63) is 64.4 Å². The van der Waals surface area contributed by atoms with Gasteiger partial charge in [0.15, 0.2) is 0 Å². The monoisotopic (exact) mass is 271 g/mol. The zero-order valence-corrected chi connectivity index (χ0v) is 9.94. The molecule has 5 heteroatoms. The second kappa shape index (κ2) is 5.31. The lowest BCUT2D eigenvalue weighted by Gasteiger charge is -2.08. The molecule has 2 aromatic rings. The highest BCUT2D eigenvalue weighted by molar-refractivity contribution is 6.30. The van der Waals surface area contributed by atoms with E-state index < -0.39 is 17.5 Å². The van der Waals surface area contributed by atoms with E-state index in [2.05, 4.69) is 5.32 Å². The zero-order valence-electron chi connectivity index (χ0n) is 9.18. The molecule has 2 aromatic carbocycles. The topological polar surface area (TPSA) is 12.0 Å². The Morgan fingerprint density at radius 3 is 2.39 bits per heavy atom. The van der Waals surface area contributed by atoms with Crippen LogP contribution in [0.5, 0.6) is 0 Å². The van der Waals surface area contributed by atoms with E-state index >= 15 is 0 Å². The van der Waals surface area contributed by atoms with Gasteiger partial charge in [-0.3, -0.25) is 0 Å². The van der Waals surface area contributed by atoms with Crippen LogP contribution in [-0.2, 0) is 6.54 Å². The van der Waals surface area contributed by atoms with Gasteiger partial charge in [-0.05, 0) is 24.3 Å². The second-order valence-electron chi connectivity index (χ2n) is 3.71. The van der Waals surface area contributed by atoms with Crippen molar-refractivity contribution in [3.8, 4) is 0 Å². The molecule has 1 nitrogen and oxygen atoms in total. The van der Waals surface area contributed by atoms with Crippen LogP contribution in [0.15, 0.2) is 36.4 Å². The summed E-state index contributed by atoms with van der Waals surface area (Å²) in [4.78, 5) is 0. The summed E-state index contributed by atoms with van der Waals surface area (Å²) in [6.45, 7) is 0.0602. The highest BCUT2D eigenvalue weighted by Crippen LogP contribution is 2.20. The number of hydrogen-bond donors (Lipinski definition) is 1. The minimum absolute atomic E-state index is 0.0602. The van der Waals surface area contributed by atoms with Gasteiger partial charge in [-0.2, -0.15) is 0 Å². The molecular formula is C13H9ClF3N. The minimum Gasteiger partial charge on any atom is -0.378 e. The maximum Gasteiger partial charge on any atom is 0.147 e. The summed E-state index contributed by atoms with van der Waals surface area (Å²) in [7, 11) is 0. The molecule has 2 rings (SSSR count). The Morgan fingerprint density at radius 1 is 0.944 bits per heavy atom. The first-order valence-corrected chi connectivity index (χ1v) is 5.57. The minimum atomic E-state index is -0.670. The maximum atomic E-state index is 13.4. The van der Waals surface area contributed by atoms with Crippen LogP contribution in [0, 0.1) is 17.5 Å². The SMILES string of the molecule is Fc1ccc(CNc2ccc(Cl)cc2F)c(F)c1. The zero-order chi connectivity index (χ0) is 13.1. The molecule has 0 aliphatic rings. The Kier molecular flexibility index (Phi) is 3.77. The van der Waals surface area contributed by atoms with E-state index in [1.165, 1.54) is 18.2 Å². The molecule has 0 aliphatic carbocycles. The van der Waals surface area contributed by atoms with Gasteiger partial charge in [0.25, 0.3) is 0 Å². The lowest BCUT2D eigenvalue weighted by Crippen LogP contribution is -2.03. The number of hydrogen-bond acceptors (Lipinski definition) is 1. The fourth-order valence-electron chi connectivity index (χ4n) is 1.49. The van der Waals surface area contributed by atoms with Gasteiger partial charge in [0, 0.05) is 23.2 Å². The van der Waals surface area contributed by atoms with Gasteiger partial charge < -0.3 is 5.32 Å². The normalized spacial score (nSPS) is 10.4. The van der Waals surface area contributed by atoms with Crippen molar-refractivity contribution in [2.45, 2.75) is 6.54 Å². The molecule has 0 saturated heterocycles. The third kappa shape index (κ3) is 2.96. The van der Waals surface area contributed by atoms with Gasteiger partial charge in [0.1, 0.15) is 17.5 Å². The molecule has 0 saturated carbocycles. The number of benzene rings is 2. The largest absolute Gasteiger partial charge is 0.378 e. The average molecular weight is 272 g/mol. The Balaban J connectivity index is 2.11. The maximum absolute atomic E-state index is 13.4. The summed E-state index contributed by atoms with van der Waals surface area (Å²) < 4.78 is 39.4. The predicted molar refractivity (Wildman–Crippen MR) is 65.1 cm³/mol. The molecule has 0 amide bonds. The summed E-state index contributed by atoms with van der Waals surface area (Å²) >= 11 is 5.61. The Morgan fingerprint density at radius 2 is 1.72 bits per heavy atom. The Bertz CT molecular complexity index is 521. The van der Waals surface area contributed by atoms with Gasteiger partial charge >= 0.3 is 0 Å². The lowest BCUT2D eigenvalue weighted by atomic mass is 10.2. The van der Waals surface area contributed by atoms with E-state index in [4.69, 9.17) is 11.6 Å². The van der Waals surface area contributed by atoms with Crippen molar-refractivity contribution in [3.63, 3.8) is 0 Å². The van der Waals surface area contributed by atoms with E-state index in [1.807, 2.05) is 0 Å². The van der Waals surface area contributed by atoms with Crippen LogP contribution in [0.3, 0.4) is 0 Å². The first-order chi connectivity index (χ1) is 8.56. The number of anilines is 1. The molecule has 0 heterocycles. The average Bonchev–Trinajstić information content (AvgIpc) is 2.30. The van der Waals surface area contributed by atoms with Crippen LogP contribution in [0.1, 0.15) is 5.56 Å². The fourth-order valence-corrected chi connectivity index (χ4v) is 1.65. The lowest BCUT2D eigenvalue weighted by molar-refractivity contribution is 0.573. The van der Waals surface area contributed by atoms with E-state index in [0.29, 0.717) is 0 Å². The molecule has 94 valence electrons. The molecule has 0 aromatic heterocycles. The number of nitrogens with one attached hydrogen (secondary N) is 1. The molecule has 0 fully saturated rings. The Hall–Kier alpha value is -1.68. The van der Waals surface area contributed by atoms with Gasteiger partial charge in [0.05, 0.1) is 5.69 Å². The van der Waals surface area contributed by atoms with Crippen molar-refractivity contribution in [1.82, 2.24) is 0 Å². The van der Waals surface area contributed by atoms with Gasteiger partial charge in [-0.25, -0.2) is 13.2 Å². The summed E-state index contributed by atoms with van der Waals surface area (Å²) in [5.74, 6) is -1.84. The summed E-state index contributed by atoms with van der Waals surface area (Å²) in [6.07, 6.45) is 0. The van der Waals surface area contributed by atoms with Crippen LogP contribution in [0.4, 0.5) is 18.9 Å². The molecule has 0 unspecified atom stereocenters. The van der Waals surface area contributed by atoms with Crippen molar-refractivity contribution < 1.29 is 13.2 Å². The van der Waals surface area contributed by atoms with E-state index in [-0.39, 0.29) is 22.8 Å². The third-order valence-electron chi connectivity index (χ3n) is 2.42. The number of rotatable bonds is 3. The fraction of sp³-hybridized carbons (Fsp3) is 0.0769. The van der Waals surface area contributed by atoms with E-state index in [0.717, 1.165) is 18.2 Å². The van der Waals surface area contributed by atoms with Crippen molar-refractivity contribution in [2.24, 2.45) is 0 Å². The second-order valence-corrected chi connectivity index (χ2v) is 4.15. The van der Waals surface area contributed by atoms with Gasteiger partial charge in [0.2, 0.25) is 0 Å². The first kappa shape index (κ1) is 12.8.